The zero-order valence-corrected chi connectivity index (χ0v) is 16.7. The SMILES string of the molecule is Cc1cc(C)c(NC(=O)[C@H](C)Nc2ccc(Oc3ccccc3)cc2)c(C)c1. The topological polar surface area (TPSA) is 50.4 Å². The van der Waals surface area contributed by atoms with Crippen molar-refractivity contribution in [2.24, 2.45) is 0 Å². The van der Waals surface area contributed by atoms with E-state index in [4.69, 9.17) is 4.74 Å². The number of nitrogens with one attached hydrogen (secondary N) is 2. The molecule has 4 nitrogen and oxygen atoms in total. The Kier molecular flexibility index (Phi) is 5.99. The second-order valence-electron chi connectivity index (χ2n) is 7.07. The van der Waals surface area contributed by atoms with Gasteiger partial charge in [0.05, 0.1) is 0 Å². The van der Waals surface area contributed by atoms with Crippen LogP contribution >= 0.6 is 0 Å². The highest BCUT2D eigenvalue weighted by Crippen LogP contribution is 2.24. The second kappa shape index (κ2) is 8.61. The molecule has 3 rings (SSSR count). The normalized spacial score (nSPS) is 11.6. The number of anilines is 2. The van der Waals surface area contributed by atoms with Gasteiger partial charge in [0, 0.05) is 11.4 Å². The summed E-state index contributed by atoms with van der Waals surface area (Å²) in [5.41, 5.74) is 5.08. The van der Waals surface area contributed by atoms with Crippen molar-refractivity contribution >= 4 is 17.3 Å². The van der Waals surface area contributed by atoms with Crippen LogP contribution in [0.2, 0.25) is 0 Å². The minimum absolute atomic E-state index is 0.0698. The Morgan fingerprint density at radius 2 is 1.43 bits per heavy atom. The van der Waals surface area contributed by atoms with E-state index in [1.807, 2.05) is 75.4 Å². The average molecular weight is 374 g/mol. The molecule has 1 atom stereocenters. The average Bonchev–Trinajstić information content (AvgIpc) is 2.67. The van der Waals surface area contributed by atoms with Gasteiger partial charge in [-0.25, -0.2) is 0 Å². The molecular weight excluding hydrogens is 348 g/mol. The number of hydrogen-bond acceptors (Lipinski definition) is 3. The van der Waals surface area contributed by atoms with Crippen molar-refractivity contribution < 1.29 is 9.53 Å². The van der Waals surface area contributed by atoms with Crippen molar-refractivity contribution in [2.75, 3.05) is 10.6 Å². The number of ether oxygens (including phenoxy) is 1. The molecule has 3 aromatic rings. The smallest absolute Gasteiger partial charge is 0.246 e. The highest BCUT2D eigenvalue weighted by molar-refractivity contribution is 5.97. The number of aryl methyl sites for hydroxylation is 3. The quantitative estimate of drug-likeness (QED) is 0.569. The lowest BCUT2D eigenvalue weighted by Gasteiger charge is -2.18. The van der Waals surface area contributed by atoms with Crippen LogP contribution in [0.1, 0.15) is 23.6 Å². The Hall–Kier alpha value is -3.27. The minimum atomic E-state index is -0.374. The summed E-state index contributed by atoms with van der Waals surface area (Å²) >= 11 is 0. The van der Waals surface area contributed by atoms with E-state index in [0.29, 0.717) is 0 Å². The molecule has 0 spiro atoms. The highest BCUT2D eigenvalue weighted by Gasteiger charge is 2.15. The molecule has 0 saturated heterocycles. The number of amides is 1. The van der Waals surface area contributed by atoms with Crippen LogP contribution in [0.25, 0.3) is 0 Å². The molecule has 0 bridgehead atoms. The van der Waals surface area contributed by atoms with E-state index in [1.165, 1.54) is 5.56 Å². The molecule has 0 saturated carbocycles. The van der Waals surface area contributed by atoms with Gasteiger partial charge in [0.2, 0.25) is 5.91 Å². The van der Waals surface area contributed by atoms with Crippen molar-refractivity contribution in [2.45, 2.75) is 33.7 Å². The van der Waals surface area contributed by atoms with Gasteiger partial charge in [-0.1, -0.05) is 35.9 Å². The summed E-state index contributed by atoms with van der Waals surface area (Å²) in [6.07, 6.45) is 0. The van der Waals surface area contributed by atoms with Gasteiger partial charge < -0.3 is 15.4 Å². The number of rotatable bonds is 6. The van der Waals surface area contributed by atoms with Crippen molar-refractivity contribution in [3.8, 4) is 11.5 Å². The van der Waals surface area contributed by atoms with Gasteiger partial charge in [-0.15, -0.1) is 0 Å². The first-order valence-corrected chi connectivity index (χ1v) is 9.40. The molecule has 0 aliphatic carbocycles. The number of hydrogen-bond donors (Lipinski definition) is 2. The summed E-state index contributed by atoms with van der Waals surface area (Å²) in [6.45, 7) is 7.93. The van der Waals surface area contributed by atoms with E-state index in [0.717, 1.165) is 34.0 Å². The van der Waals surface area contributed by atoms with Gasteiger partial charge in [-0.2, -0.15) is 0 Å². The Balaban J connectivity index is 1.61. The lowest BCUT2D eigenvalue weighted by atomic mass is 10.0. The number of para-hydroxylation sites is 1. The molecule has 1 amide bonds. The summed E-state index contributed by atoms with van der Waals surface area (Å²) in [7, 11) is 0. The van der Waals surface area contributed by atoms with Crippen LogP contribution in [0.3, 0.4) is 0 Å². The van der Waals surface area contributed by atoms with Gasteiger partial charge in [0.25, 0.3) is 0 Å². The molecule has 2 N–H and O–H groups in total. The predicted octanol–water partition coefficient (Wildman–Crippen LogP) is 5.84. The molecule has 0 unspecified atom stereocenters. The fraction of sp³-hybridized carbons (Fsp3) is 0.208. The fourth-order valence-electron chi connectivity index (χ4n) is 3.17. The molecule has 0 aliphatic heterocycles. The van der Waals surface area contributed by atoms with E-state index in [1.54, 1.807) is 0 Å². The highest BCUT2D eigenvalue weighted by atomic mass is 16.5. The molecule has 0 fully saturated rings. The second-order valence-corrected chi connectivity index (χ2v) is 7.07. The molecule has 4 heteroatoms. The van der Waals surface area contributed by atoms with Crippen LogP contribution in [0.5, 0.6) is 11.5 Å². The molecule has 0 heterocycles. The standard InChI is InChI=1S/C24H26N2O2/c1-16-14-17(2)23(18(3)15-16)26-24(27)19(4)25-20-10-12-22(13-11-20)28-21-8-6-5-7-9-21/h5-15,19,25H,1-4H3,(H,26,27)/t19-/m0/s1. The van der Waals surface area contributed by atoms with Crippen molar-refractivity contribution in [3.63, 3.8) is 0 Å². The summed E-state index contributed by atoms with van der Waals surface area (Å²) in [5, 5.41) is 6.28. The van der Waals surface area contributed by atoms with Gasteiger partial charge >= 0.3 is 0 Å². The Morgan fingerprint density at radius 1 is 0.857 bits per heavy atom. The van der Waals surface area contributed by atoms with Crippen LogP contribution < -0.4 is 15.4 Å². The predicted molar refractivity (Wildman–Crippen MR) is 115 cm³/mol. The summed E-state index contributed by atoms with van der Waals surface area (Å²) in [6, 6.07) is 21.0. The first-order chi connectivity index (χ1) is 13.4. The van der Waals surface area contributed by atoms with E-state index in [2.05, 4.69) is 29.7 Å². The maximum atomic E-state index is 12.6. The van der Waals surface area contributed by atoms with Crippen molar-refractivity contribution in [1.29, 1.82) is 0 Å². The summed E-state index contributed by atoms with van der Waals surface area (Å²) in [5.74, 6) is 1.47. The maximum Gasteiger partial charge on any atom is 0.246 e. The molecule has 3 aromatic carbocycles. The van der Waals surface area contributed by atoms with Gasteiger partial charge in [0.1, 0.15) is 17.5 Å². The first kappa shape index (κ1) is 19.5. The van der Waals surface area contributed by atoms with Gasteiger partial charge in [0.15, 0.2) is 0 Å². The Morgan fingerprint density at radius 3 is 2.04 bits per heavy atom. The minimum Gasteiger partial charge on any atom is -0.457 e. The first-order valence-electron chi connectivity index (χ1n) is 9.40. The Labute approximate surface area is 166 Å². The molecule has 144 valence electrons. The van der Waals surface area contributed by atoms with Crippen LogP contribution in [0.4, 0.5) is 11.4 Å². The van der Waals surface area contributed by atoms with Crippen molar-refractivity contribution in [1.82, 2.24) is 0 Å². The Bertz CT molecular complexity index is 927. The number of benzene rings is 3. The lowest BCUT2D eigenvalue weighted by molar-refractivity contribution is -0.116. The van der Waals surface area contributed by atoms with Crippen LogP contribution in [-0.4, -0.2) is 11.9 Å². The third kappa shape index (κ3) is 4.92. The number of carbonyl (C=O) groups excluding carboxylic acids is 1. The molecular formula is C24H26N2O2. The van der Waals surface area contributed by atoms with E-state index in [-0.39, 0.29) is 11.9 Å². The molecule has 0 radical (unpaired) electrons. The van der Waals surface area contributed by atoms with E-state index >= 15 is 0 Å². The van der Waals surface area contributed by atoms with E-state index < -0.39 is 0 Å². The zero-order chi connectivity index (χ0) is 20.1. The third-order valence-corrected chi connectivity index (χ3v) is 4.53. The summed E-state index contributed by atoms with van der Waals surface area (Å²) in [4.78, 5) is 12.6. The molecule has 0 aliphatic rings. The van der Waals surface area contributed by atoms with Crippen molar-refractivity contribution in [3.05, 3.63) is 83.4 Å². The summed E-state index contributed by atoms with van der Waals surface area (Å²) < 4.78 is 5.79. The van der Waals surface area contributed by atoms with Crippen LogP contribution in [-0.2, 0) is 4.79 Å². The zero-order valence-electron chi connectivity index (χ0n) is 16.7. The molecule has 28 heavy (non-hydrogen) atoms. The van der Waals surface area contributed by atoms with E-state index in [9.17, 15) is 4.79 Å². The van der Waals surface area contributed by atoms with Gasteiger partial charge in [-0.05, 0) is 75.2 Å². The van der Waals surface area contributed by atoms with Crippen LogP contribution in [0, 0.1) is 20.8 Å². The number of carbonyl (C=O) groups is 1. The van der Waals surface area contributed by atoms with Gasteiger partial charge in [-0.3, -0.25) is 4.79 Å². The molecule has 0 aromatic heterocycles. The largest absolute Gasteiger partial charge is 0.457 e. The maximum absolute atomic E-state index is 12.6. The fourth-order valence-corrected chi connectivity index (χ4v) is 3.17. The third-order valence-electron chi connectivity index (χ3n) is 4.53. The monoisotopic (exact) mass is 374 g/mol. The lowest BCUT2D eigenvalue weighted by Crippen LogP contribution is -2.32. The van der Waals surface area contributed by atoms with Crippen LogP contribution in [0.15, 0.2) is 66.7 Å².